The number of benzene rings is 2. The maximum atomic E-state index is 6.00. The van der Waals surface area contributed by atoms with E-state index in [1.165, 1.54) is 6.33 Å². The fourth-order valence-electron chi connectivity index (χ4n) is 2.75. The third-order valence-electron chi connectivity index (χ3n) is 3.90. The topological polar surface area (TPSA) is 43.1 Å². The maximum absolute atomic E-state index is 6.00. The SMILES string of the molecule is Clc1ccc(C2=Nc3ncnn3C(c3ccc(Cl)cc3)C2)cc1. The highest BCUT2D eigenvalue weighted by atomic mass is 35.5. The van der Waals surface area contributed by atoms with Gasteiger partial charge in [-0.2, -0.15) is 10.1 Å². The van der Waals surface area contributed by atoms with Crippen LogP contribution in [0.15, 0.2) is 59.9 Å². The molecule has 0 saturated carbocycles. The zero-order valence-electron chi connectivity index (χ0n) is 12.0. The number of fused-ring (bicyclic) bond motifs is 1. The van der Waals surface area contributed by atoms with E-state index in [-0.39, 0.29) is 6.04 Å². The van der Waals surface area contributed by atoms with Crippen molar-refractivity contribution in [3.63, 3.8) is 0 Å². The van der Waals surface area contributed by atoms with Gasteiger partial charge in [-0.3, -0.25) is 0 Å². The first-order chi connectivity index (χ1) is 11.2. The highest BCUT2D eigenvalue weighted by Crippen LogP contribution is 2.32. The number of aliphatic imine (C=N–C) groups is 1. The minimum Gasteiger partial charge on any atom is -0.222 e. The Morgan fingerprint density at radius 3 is 2.26 bits per heavy atom. The fraction of sp³-hybridized carbons (Fsp3) is 0.118. The zero-order valence-corrected chi connectivity index (χ0v) is 13.5. The lowest BCUT2D eigenvalue weighted by molar-refractivity contribution is 0.531. The van der Waals surface area contributed by atoms with Crippen LogP contribution in [0.25, 0.3) is 0 Å². The molecular weight excluding hydrogens is 331 g/mol. The van der Waals surface area contributed by atoms with Gasteiger partial charge in [0.1, 0.15) is 6.33 Å². The van der Waals surface area contributed by atoms with Crippen LogP contribution >= 0.6 is 23.2 Å². The molecule has 1 aromatic heterocycles. The van der Waals surface area contributed by atoms with Crippen LogP contribution in [0.3, 0.4) is 0 Å². The summed E-state index contributed by atoms with van der Waals surface area (Å²) in [7, 11) is 0. The summed E-state index contributed by atoms with van der Waals surface area (Å²) in [6, 6.07) is 15.6. The number of aromatic nitrogens is 3. The Labute approximate surface area is 143 Å². The standard InChI is InChI=1S/C17H12Cl2N4/c18-13-5-1-11(2-6-13)15-9-16(12-3-7-14(19)8-4-12)23-17(22-15)20-10-21-23/h1-8,10,16H,9H2. The normalized spacial score (nSPS) is 16.8. The summed E-state index contributed by atoms with van der Waals surface area (Å²) in [6.45, 7) is 0. The Morgan fingerprint density at radius 2 is 1.57 bits per heavy atom. The highest BCUT2D eigenvalue weighted by Gasteiger charge is 2.26. The van der Waals surface area contributed by atoms with Crippen LogP contribution in [0.1, 0.15) is 23.6 Å². The average molecular weight is 343 g/mol. The summed E-state index contributed by atoms with van der Waals surface area (Å²) in [5.41, 5.74) is 3.15. The molecule has 23 heavy (non-hydrogen) atoms. The second-order valence-corrected chi connectivity index (χ2v) is 6.21. The predicted octanol–water partition coefficient (Wildman–Crippen LogP) is 4.70. The Balaban J connectivity index is 1.77. The number of rotatable bonds is 2. The minimum absolute atomic E-state index is 0.0490. The van der Waals surface area contributed by atoms with Crippen LogP contribution in [0.4, 0.5) is 5.95 Å². The van der Waals surface area contributed by atoms with Gasteiger partial charge in [0.05, 0.1) is 11.8 Å². The van der Waals surface area contributed by atoms with Crippen LogP contribution in [0.5, 0.6) is 0 Å². The lowest BCUT2D eigenvalue weighted by atomic mass is 9.96. The molecule has 0 bridgehead atoms. The van der Waals surface area contributed by atoms with E-state index >= 15 is 0 Å². The van der Waals surface area contributed by atoms with Crippen molar-refractivity contribution in [3.8, 4) is 0 Å². The van der Waals surface area contributed by atoms with Crippen molar-refractivity contribution in [2.24, 2.45) is 4.99 Å². The van der Waals surface area contributed by atoms with Gasteiger partial charge < -0.3 is 0 Å². The number of nitrogens with zero attached hydrogens (tertiary/aromatic N) is 4. The molecule has 0 amide bonds. The molecule has 0 N–H and O–H groups in total. The van der Waals surface area contributed by atoms with Crippen molar-refractivity contribution in [1.29, 1.82) is 0 Å². The summed E-state index contributed by atoms with van der Waals surface area (Å²) < 4.78 is 1.85. The van der Waals surface area contributed by atoms with E-state index in [1.54, 1.807) is 0 Å². The van der Waals surface area contributed by atoms with Gasteiger partial charge in [0.25, 0.3) is 0 Å². The molecule has 1 aliphatic rings. The van der Waals surface area contributed by atoms with Crippen molar-refractivity contribution in [3.05, 3.63) is 76.0 Å². The van der Waals surface area contributed by atoms with Crippen molar-refractivity contribution in [2.45, 2.75) is 12.5 Å². The molecule has 1 aliphatic heterocycles. The van der Waals surface area contributed by atoms with E-state index in [9.17, 15) is 0 Å². The van der Waals surface area contributed by atoms with E-state index in [2.05, 4.69) is 15.1 Å². The molecule has 1 atom stereocenters. The Kier molecular flexibility index (Phi) is 3.63. The molecule has 0 radical (unpaired) electrons. The molecule has 1 unspecified atom stereocenters. The van der Waals surface area contributed by atoms with Crippen molar-refractivity contribution in [1.82, 2.24) is 14.8 Å². The van der Waals surface area contributed by atoms with Gasteiger partial charge in [-0.15, -0.1) is 0 Å². The molecule has 3 aromatic rings. The van der Waals surface area contributed by atoms with E-state index in [4.69, 9.17) is 23.2 Å². The molecule has 0 aliphatic carbocycles. The first kappa shape index (κ1) is 14.4. The molecule has 2 aromatic carbocycles. The number of hydrogen-bond acceptors (Lipinski definition) is 3. The summed E-state index contributed by atoms with van der Waals surface area (Å²) in [5, 5.41) is 5.75. The van der Waals surface area contributed by atoms with E-state index in [0.29, 0.717) is 11.0 Å². The maximum Gasteiger partial charge on any atom is 0.248 e. The Hall–Kier alpha value is -2.17. The molecule has 4 nitrogen and oxygen atoms in total. The van der Waals surface area contributed by atoms with Crippen LogP contribution in [0, 0.1) is 0 Å². The van der Waals surface area contributed by atoms with E-state index in [0.717, 1.165) is 28.3 Å². The second kappa shape index (κ2) is 5.80. The third-order valence-corrected chi connectivity index (χ3v) is 4.41. The average Bonchev–Trinajstić information content (AvgIpc) is 3.04. The molecule has 2 heterocycles. The Morgan fingerprint density at radius 1 is 0.913 bits per heavy atom. The van der Waals surface area contributed by atoms with Gasteiger partial charge in [-0.25, -0.2) is 9.67 Å². The van der Waals surface area contributed by atoms with E-state index < -0.39 is 0 Å². The summed E-state index contributed by atoms with van der Waals surface area (Å²) in [6.07, 6.45) is 2.27. The lowest BCUT2D eigenvalue weighted by Crippen LogP contribution is -2.21. The molecule has 0 saturated heterocycles. The first-order valence-corrected chi connectivity index (χ1v) is 7.95. The largest absolute Gasteiger partial charge is 0.248 e. The van der Waals surface area contributed by atoms with Gasteiger partial charge in [0.15, 0.2) is 0 Å². The number of halogens is 2. The van der Waals surface area contributed by atoms with Gasteiger partial charge in [-0.05, 0) is 35.4 Å². The van der Waals surface area contributed by atoms with Crippen LogP contribution in [0.2, 0.25) is 10.0 Å². The molecule has 4 rings (SSSR count). The minimum atomic E-state index is 0.0490. The van der Waals surface area contributed by atoms with Crippen LogP contribution in [-0.4, -0.2) is 20.5 Å². The van der Waals surface area contributed by atoms with Crippen LogP contribution < -0.4 is 0 Å². The predicted molar refractivity (Wildman–Crippen MR) is 91.9 cm³/mol. The monoisotopic (exact) mass is 342 g/mol. The molecule has 6 heteroatoms. The lowest BCUT2D eigenvalue weighted by Gasteiger charge is -2.24. The van der Waals surface area contributed by atoms with Gasteiger partial charge in [0, 0.05) is 16.5 Å². The van der Waals surface area contributed by atoms with Crippen molar-refractivity contribution in [2.75, 3.05) is 0 Å². The molecule has 114 valence electrons. The quantitative estimate of drug-likeness (QED) is 0.677. The van der Waals surface area contributed by atoms with Crippen molar-refractivity contribution >= 4 is 34.9 Å². The third kappa shape index (κ3) is 2.76. The number of hydrogen-bond donors (Lipinski definition) is 0. The smallest absolute Gasteiger partial charge is 0.222 e. The fourth-order valence-corrected chi connectivity index (χ4v) is 3.00. The summed E-state index contributed by atoms with van der Waals surface area (Å²) >= 11 is 12.0. The van der Waals surface area contributed by atoms with Crippen molar-refractivity contribution < 1.29 is 0 Å². The summed E-state index contributed by atoms with van der Waals surface area (Å²) in [5.74, 6) is 0.612. The van der Waals surface area contributed by atoms with Crippen LogP contribution in [-0.2, 0) is 0 Å². The molecule has 0 fully saturated rings. The van der Waals surface area contributed by atoms with Gasteiger partial charge in [0.2, 0.25) is 5.95 Å². The zero-order chi connectivity index (χ0) is 15.8. The first-order valence-electron chi connectivity index (χ1n) is 7.19. The second-order valence-electron chi connectivity index (χ2n) is 5.34. The van der Waals surface area contributed by atoms with Gasteiger partial charge in [-0.1, -0.05) is 47.5 Å². The Bertz CT molecular complexity index is 866. The summed E-state index contributed by atoms with van der Waals surface area (Å²) in [4.78, 5) is 8.89. The van der Waals surface area contributed by atoms with E-state index in [1.807, 2.05) is 53.2 Å². The molecular formula is C17H12Cl2N4. The molecule has 0 spiro atoms. The van der Waals surface area contributed by atoms with Gasteiger partial charge >= 0.3 is 0 Å². The highest BCUT2D eigenvalue weighted by molar-refractivity contribution is 6.31.